The number of nitrogens with zero attached hydrogens (tertiary/aromatic N) is 4. The number of pyridine rings is 4. The fourth-order valence-electron chi connectivity index (χ4n) is 22.1. The molecular formula is C136H124N4. The topological polar surface area (TPSA) is 51.6 Å². The second-order valence-electron chi connectivity index (χ2n) is 37.8. The van der Waals surface area contributed by atoms with E-state index >= 15 is 0 Å². The number of aryl methyl sites for hydroxylation is 14. The Morgan fingerprint density at radius 1 is 0.179 bits per heavy atom. The van der Waals surface area contributed by atoms with Crippen LogP contribution in [0.25, 0.3) is 44.5 Å². The van der Waals surface area contributed by atoms with Gasteiger partial charge in [-0.3, -0.25) is 19.9 Å². The predicted octanol–water partition coefficient (Wildman–Crippen LogP) is 33.5. The third-order valence-electron chi connectivity index (χ3n) is 28.5. The molecule has 20 aromatic rings. The van der Waals surface area contributed by atoms with Crippen LogP contribution in [0.15, 0.2) is 461 Å². The van der Waals surface area contributed by atoms with Gasteiger partial charge in [0.2, 0.25) is 0 Å². The summed E-state index contributed by atoms with van der Waals surface area (Å²) >= 11 is 0. The molecule has 0 unspecified atom stereocenters. The highest BCUT2D eigenvalue weighted by Gasteiger charge is 2.51. The summed E-state index contributed by atoms with van der Waals surface area (Å²) in [5.41, 5.74) is 51.4. The second kappa shape index (κ2) is 42.4. The Labute approximate surface area is 831 Å². The molecule has 0 saturated carbocycles. The van der Waals surface area contributed by atoms with E-state index in [4.69, 9.17) is 0 Å². The van der Waals surface area contributed by atoms with Gasteiger partial charge in [-0.15, -0.1) is 0 Å². The molecule has 16 aromatic carbocycles. The van der Waals surface area contributed by atoms with Crippen LogP contribution in [-0.4, -0.2) is 19.9 Å². The number of hydrogen-bond acceptors (Lipinski definition) is 4. The van der Waals surface area contributed by atoms with Crippen LogP contribution in [-0.2, 0) is 21.7 Å². The summed E-state index contributed by atoms with van der Waals surface area (Å²) in [6, 6.07) is 160. The summed E-state index contributed by atoms with van der Waals surface area (Å²) in [5.74, 6) is 0. The van der Waals surface area contributed by atoms with Crippen molar-refractivity contribution in [3.63, 3.8) is 0 Å². The quantitative estimate of drug-likeness (QED) is 0.152. The van der Waals surface area contributed by atoms with E-state index in [9.17, 15) is 0 Å². The second-order valence-corrected chi connectivity index (χ2v) is 37.8. The van der Waals surface area contributed by atoms with E-state index in [1.807, 2.05) is 59.3 Å². The van der Waals surface area contributed by atoms with E-state index < -0.39 is 0 Å². The van der Waals surface area contributed by atoms with E-state index in [2.05, 4.69) is 533 Å². The molecule has 0 amide bonds. The molecule has 4 aliphatic carbocycles. The van der Waals surface area contributed by atoms with Gasteiger partial charge in [0.25, 0.3) is 0 Å². The molecule has 140 heavy (non-hydrogen) atoms. The summed E-state index contributed by atoms with van der Waals surface area (Å²) < 4.78 is 0. The van der Waals surface area contributed by atoms with E-state index in [1.165, 1.54) is 195 Å². The zero-order valence-corrected chi connectivity index (χ0v) is 83.7. The highest BCUT2D eigenvalue weighted by Crippen LogP contribution is 2.61. The van der Waals surface area contributed by atoms with Crippen molar-refractivity contribution >= 4 is 0 Å². The van der Waals surface area contributed by atoms with Crippen LogP contribution in [0.3, 0.4) is 0 Å². The van der Waals surface area contributed by atoms with Crippen LogP contribution in [0.4, 0.5) is 0 Å². The molecule has 0 N–H and O–H groups in total. The monoisotopic (exact) mass is 1810 g/mol. The first-order valence-corrected chi connectivity index (χ1v) is 49.0. The number of aromatic nitrogens is 4. The molecule has 0 fully saturated rings. The highest BCUT2D eigenvalue weighted by atomic mass is 14.7. The largest absolute Gasteiger partial charge is 0.264 e. The molecule has 4 aliphatic rings. The molecule has 688 valence electrons. The van der Waals surface area contributed by atoms with E-state index in [-0.39, 0.29) is 21.7 Å². The first-order chi connectivity index (χ1) is 68.1. The van der Waals surface area contributed by atoms with E-state index in [0.29, 0.717) is 0 Å². The Hall–Kier alpha value is -15.9. The molecule has 4 aromatic heterocycles. The van der Waals surface area contributed by atoms with Gasteiger partial charge in [0.15, 0.2) is 0 Å². The molecule has 4 heteroatoms. The van der Waals surface area contributed by atoms with Crippen LogP contribution in [0.5, 0.6) is 0 Å². The lowest BCUT2D eigenvalue weighted by Crippen LogP contribution is -2.29. The van der Waals surface area contributed by atoms with Crippen LogP contribution >= 0.6 is 0 Å². The SMILES string of the molecule is Cc1cc(C)nc(C)c1.Cc1cc(C)nc(C)c1.Cc1ccc2c(c1)-c1ccccc1C2(c1ccccc1)c1ccccc1.Cc1ccc2c(c1)C(c1ccccc1)(c1ccccc1)c1ccccc1-2.Cc1cccc2c1-c1ccccc1C2(c1ccccc1)c1ccccc1.Cc1cccc2c1C(c1ccccc1)(c1ccccc1)c1ccccc1-2.Cc1ccnc(C)c1C.Cc1cncc(C)c1C. The maximum absolute atomic E-state index is 4.23. The van der Waals surface area contributed by atoms with E-state index in [0.717, 1.165) is 28.5 Å². The molecule has 0 radical (unpaired) electrons. The fourth-order valence-corrected chi connectivity index (χ4v) is 22.1. The molecule has 4 nitrogen and oxygen atoms in total. The van der Waals surface area contributed by atoms with Gasteiger partial charge in [0.1, 0.15) is 0 Å². The van der Waals surface area contributed by atoms with Crippen molar-refractivity contribution in [2.24, 2.45) is 0 Å². The molecule has 24 rings (SSSR count). The lowest BCUT2D eigenvalue weighted by Gasteiger charge is -2.34. The zero-order valence-electron chi connectivity index (χ0n) is 83.7. The minimum absolute atomic E-state index is 0.262. The number of hydrogen-bond donors (Lipinski definition) is 0. The fraction of sp³-hybridized carbons (Fsp3) is 0.147. The first kappa shape index (κ1) is 95.8. The molecule has 0 aliphatic heterocycles. The van der Waals surface area contributed by atoms with Crippen molar-refractivity contribution < 1.29 is 0 Å². The van der Waals surface area contributed by atoms with Gasteiger partial charge < -0.3 is 0 Å². The summed E-state index contributed by atoms with van der Waals surface area (Å²) in [6.07, 6.45) is 5.63. The lowest BCUT2D eigenvalue weighted by atomic mass is 9.67. The van der Waals surface area contributed by atoms with Gasteiger partial charge in [-0.25, -0.2) is 0 Å². The minimum Gasteiger partial charge on any atom is -0.264 e. The van der Waals surface area contributed by atoms with Crippen molar-refractivity contribution in [3.05, 3.63) is 640 Å². The molecule has 0 spiro atoms. The average Bonchev–Trinajstić information content (AvgIpc) is 1.56. The molecule has 4 heterocycles. The van der Waals surface area contributed by atoms with Crippen molar-refractivity contribution in [2.45, 2.75) is 132 Å². The summed E-state index contributed by atoms with van der Waals surface area (Å²) in [4.78, 5) is 16.7. The van der Waals surface area contributed by atoms with Gasteiger partial charge in [-0.2, -0.15) is 0 Å². The normalized spacial score (nSPS) is 12.8. The molecule has 0 bridgehead atoms. The molecule has 0 saturated heterocycles. The summed E-state index contributed by atoms with van der Waals surface area (Å²) in [7, 11) is 0. The van der Waals surface area contributed by atoms with Gasteiger partial charge >= 0.3 is 0 Å². The van der Waals surface area contributed by atoms with Crippen LogP contribution in [0.2, 0.25) is 0 Å². The zero-order chi connectivity index (χ0) is 97.7. The van der Waals surface area contributed by atoms with Crippen molar-refractivity contribution in [2.75, 3.05) is 0 Å². The summed E-state index contributed by atoms with van der Waals surface area (Å²) in [6.45, 7) is 33.6. The summed E-state index contributed by atoms with van der Waals surface area (Å²) in [5, 5.41) is 0. The van der Waals surface area contributed by atoms with Gasteiger partial charge in [-0.05, 0) is 325 Å². The smallest absolute Gasteiger partial charge is 0.0716 e. The number of rotatable bonds is 8. The Kier molecular flexibility index (Phi) is 29.0. The Morgan fingerprint density at radius 3 is 0.864 bits per heavy atom. The number of benzene rings is 16. The van der Waals surface area contributed by atoms with Crippen molar-refractivity contribution in [1.82, 2.24) is 19.9 Å². The minimum atomic E-state index is -0.264. The lowest BCUT2D eigenvalue weighted by molar-refractivity contribution is 0.762. The van der Waals surface area contributed by atoms with Gasteiger partial charge in [0.05, 0.1) is 21.7 Å². The average molecular weight is 1810 g/mol. The Balaban J connectivity index is 0.000000115. The predicted molar refractivity (Wildman–Crippen MR) is 588 cm³/mol. The maximum Gasteiger partial charge on any atom is 0.0716 e. The maximum atomic E-state index is 4.23. The van der Waals surface area contributed by atoms with E-state index in [1.54, 1.807) is 0 Å². The third kappa shape index (κ3) is 18.6. The Morgan fingerprint density at radius 2 is 0.471 bits per heavy atom. The highest BCUT2D eigenvalue weighted by molar-refractivity contribution is 5.91. The first-order valence-electron chi connectivity index (χ1n) is 49.0. The van der Waals surface area contributed by atoms with Crippen molar-refractivity contribution in [1.29, 1.82) is 0 Å². The van der Waals surface area contributed by atoms with Crippen LogP contribution in [0, 0.1) is 111 Å². The van der Waals surface area contributed by atoms with Crippen LogP contribution in [0.1, 0.15) is 179 Å². The third-order valence-corrected chi connectivity index (χ3v) is 28.5. The van der Waals surface area contributed by atoms with Crippen LogP contribution < -0.4 is 0 Å². The molecular weight excluding hydrogens is 1690 g/mol. The standard InChI is InChI=1S/4C26H20.4C8H11N/c1-19-11-10-17-23-22-16-8-9-18-24(22)26(25(19)23,20-12-4-2-5-13-20)21-14-6-3-7-15-21;1-19-11-10-18-24-25(19)22-16-8-9-17-23(22)26(24,20-12-4-2-5-13-20)21-14-6-3-7-15-21;1-19-16-17-25-23(18-19)22-14-8-9-15-24(22)26(25,20-10-4-2-5-11-20)21-12-6-3-7-13-21;1-19-16-17-23-22-14-8-9-15-24(22)26(25(23)18-19,20-10-4-2-5-11-20)21-12-6-3-7-13-21;1-6-4-9-5-7(2)8(6)3;2*1-6-4-7(2)9-8(3)5-6;1-6-4-5-9-8(3)7(6)2/h4*2-18H,1H3;4*4-5H,1-3H3. The number of fused-ring (bicyclic) bond motifs is 12. The molecule has 0 atom stereocenters. The Bertz CT molecular complexity index is 7210. The van der Waals surface area contributed by atoms with Gasteiger partial charge in [-0.1, -0.05) is 424 Å². The van der Waals surface area contributed by atoms with Gasteiger partial charge in [0, 0.05) is 47.1 Å². The van der Waals surface area contributed by atoms with Crippen molar-refractivity contribution in [3.8, 4) is 44.5 Å².